The van der Waals surface area contributed by atoms with Crippen LogP contribution in [-0.2, 0) is 16.0 Å². The Morgan fingerprint density at radius 3 is 2.30 bits per heavy atom. The Balaban J connectivity index is 1.62. The van der Waals surface area contributed by atoms with Crippen LogP contribution in [0.3, 0.4) is 0 Å². The fourth-order valence-electron chi connectivity index (χ4n) is 4.40. The van der Waals surface area contributed by atoms with E-state index in [0.717, 1.165) is 46.3 Å². The third kappa shape index (κ3) is 8.87. The van der Waals surface area contributed by atoms with E-state index in [9.17, 15) is 9.59 Å². The smallest absolute Gasteiger partial charge is 0.248 e. The molecular formula is C27H40N7O2S+. The number of para-hydroxylation sites is 1. The van der Waals surface area contributed by atoms with Gasteiger partial charge in [0.25, 0.3) is 0 Å². The van der Waals surface area contributed by atoms with Crippen molar-refractivity contribution in [2.24, 2.45) is 17.2 Å². The number of anilines is 1. The fourth-order valence-corrected chi connectivity index (χ4v) is 5.27. The summed E-state index contributed by atoms with van der Waals surface area (Å²) in [5.41, 5.74) is 19.7. The third-order valence-corrected chi connectivity index (χ3v) is 7.56. The van der Waals surface area contributed by atoms with E-state index in [1.54, 1.807) is 0 Å². The summed E-state index contributed by atoms with van der Waals surface area (Å²) in [6.45, 7) is 3.65. The van der Waals surface area contributed by atoms with Gasteiger partial charge in [-0.25, -0.2) is 4.98 Å². The van der Waals surface area contributed by atoms with Gasteiger partial charge in [0.15, 0.2) is 5.13 Å². The van der Waals surface area contributed by atoms with Crippen LogP contribution in [0.5, 0.6) is 0 Å². The van der Waals surface area contributed by atoms with Crippen LogP contribution in [0.15, 0.2) is 54.6 Å². The second-order valence-electron chi connectivity index (χ2n) is 9.68. The topological polar surface area (TPSA) is 149 Å². The molecule has 9 nitrogen and oxygen atoms in total. The molecule has 37 heavy (non-hydrogen) atoms. The van der Waals surface area contributed by atoms with Gasteiger partial charge in [0.2, 0.25) is 11.8 Å². The molecule has 0 bridgehead atoms. The van der Waals surface area contributed by atoms with Crippen LogP contribution in [0.2, 0.25) is 0 Å². The van der Waals surface area contributed by atoms with Gasteiger partial charge in [-0.15, -0.1) is 0 Å². The maximum atomic E-state index is 13.2. The first-order valence-corrected chi connectivity index (χ1v) is 13.7. The van der Waals surface area contributed by atoms with Gasteiger partial charge in [-0.1, -0.05) is 53.8 Å². The van der Waals surface area contributed by atoms with Crippen molar-refractivity contribution >= 4 is 38.5 Å². The highest BCUT2D eigenvalue weighted by Gasteiger charge is 2.26. The molecule has 0 saturated heterocycles. The predicted molar refractivity (Wildman–Crippen MR) is 151 cm³/mol. The number of benzene rings is 2. The van der Waals surface area contributed by atoms with Crippen molar-refractivity contribution in [3.05, 3.63) is 60.2 Å². The average Bonchev–Trinajstić information content (AvgIpc) is 3.29. The zero-order chi connectivity index (χ0) is 26.7. The van der Waals surface area contributed by atoms with E-state index in [-0.39, 0.29) is 11.8 Å². The van der Waals surface area contributed by atoms with Gasteiger partial charge in [0.05, 0.1) is 42.9 Å². The predicted octanol–water partition coefficient (Wildman–Crippen LogP) is 1.82. The largest absolute Gasteiger partial charge is 0.343 e. The maximum Gasteiger partial charge on any atom is 0.248 e. The van der Waals surface area contributed by atoms with Gasteiger partial charge in [-0.05, 0) is 43.4 Å². The summed E-state index contributed by atoms with van der Waals surface area (Å²) < 4.78 is 1.74. The Bertz CT molecular complexity index is 1100. The molecule has 0 saturated carbocycles. The molecule has 0 aliphatic rings. The first kappa shape index (κ1) is 28.7. The molecule has 0 aliphatic carbocycles. The highest BCUT2D eigenvalue weighted by Crippen LogP contribution is 2.25. The molecule has 8 N–H and O–H groups in total. The lowest BCUT2D eigenvalue weighted by Gasteiger charge is -2.34. The minimum Gasteiger partial charge on any atom is -0.343 e. The summed E-state index contributed by atoms with van der Waals surface area (Å²) >= 11 is 1.40. The van der Waals surface area contributed by atoms with Gasteiger partial charge in [-0.3, -0.25) is 9.59 Å². The summed E-state index contributed by atoms with van der Waals surface area (Å²) in [7, 11) is 2.12. The monoisotopic (exact) mass is 526 g/mol. The highest BCUT2D eigenvalue weighted by atomic mass is 32.1. The number of likely N-dealkylation sites (N-methyl/N-ethyl adjacent to an activating group) is 1. The molecular weight excluding hydrogens is 486 g/mol. The van der Waals surface area contributed by atoms with E-state index >= 15 is 0 Å². The number of amides is 2. The van der Waals surface area contributed by atoms with Gasteiger partial charge in [-0.2, -0.15) is 0 Å². The van der Waals surface area contributed by atoms with Gasteiger partial charge >= 0.3 is 0 Å². The molecule has 3 rings (SSSR count). The average molecular weight is 527 g/mol. The first-order chi connectivity index (χ1) is 17.8. The lowest BCUT2D eigenvalue weighted by atomic mass is 10.0. The lowest BCUT2D eigenvalue weighted by molar-refractivity contribution is -0.907. The van der Waals surface area contributed by atoms with Crippen molar-refractivity contribution in [3.63, 3.8) is 0 Å². The van der Waals surface area contributed by atoms with Crippen LogP contribution in [0.4, 0.5) is 5.13 Å². The Morgan fingerprint density at radius 2 is 1.62 bits per heavy atom. The summed E-state index contributed by atoms with van der Waals surface area (Å²) in [6, 6.07) is 16.1. The fraction of sp³-hybridized carbons (Fsp3) is 0.444. The zero-order valence-corrected chi connectivity index (χ0v) is 22.4. The Labute approximate surface area is 223 Å². The number of nitrogens with one attached hydrogen (secondary N) is 2. The third-order valence-electron chi connectivity index (χ3n) is 6.61. The van der Waals surface area contributed by atoms with Crippen molar-refractivity contribution in [2.75, 3.05) is 45.1 Å². The number of nitrogens with two attached hydrogens (primary N) is 3. The Morgan fingerprint density at radius 1 is 0.946 bits per heavy atom. The van der Waals surface area contributed by atoms with E-state index in [0.29, 0.717) is 37.5 Å². The summed E-state index contributed by atoms with van der Waals surface area (Å²) in [5, 5.41) is 6.29. The SMILES string of the molecule is C[N+](CCN)(CCN)CCC[C@H](N)C(=O)N[C@H](CCc1ccccc1)C(=O)Nc1nc2ccccc2s1. The van der Waals surface area contributed by atoms with Gasteiger partial charge in [0.1, 0.15) is 6.04 Å². The van der Waals surface area contributed by atoms with Crippen LogP contribution in [0.25, 0.3) is 10.2 Å². The number of aryl methyl sites for hydroxylation is 1. The summed E-state index contributed by atoms with van der Waals surface area (Å²) in [6.07, 6.45) is 2.36. The minimum absolute atomic E-state index is 0.300. The minimum atomic E-state index is -0.735. The van der Waals surface area contributed by atoms with E-state index in [1.165, 1.54) is 11.3 Å². The van der Waals surface area contributed by atoms with Crippen molar-refractivity contribution < 1.29 is 14.1 Å². The van der Waals surface area contributed by atoms with Crippen LogP contribution in [-0.4, -0.2) is 73.1 Å². The van der Waals surface area contributed by atoms with Crippen LogP contribution in [0.1, 0.15) is 24.8 Å². The Hall–Kier alpha value is -2.89. The molecule has 1 aromatic heterocycles. The van der Waals surface area contributed by atoms with Crippen molar-refractivity contribution in [3.8, 4) is 0 Å². The molecule has 0 spiro atoms. The number of quaternary nitrogens is 1. The van der Waals surface area contributed by atoms with E-state index in [4.69, 9.17) is 17.2 Å². The van der Waals surface area contributed by atoms with Crippen molar-refractivity contribution in [2.45, 2.75) is 37.8 Å². The number of hydrogen-bond acceptors (Lipinski definition) is 7. The van der Waals surface area contributed by atoms with Gasteiger partial charge in [0, 0.05) is 13.1 Å². The second-order valence-corrected chi connectivity index (χ2v) is 10.7. The standard InChI is InChI=1S/C27H39N7O2S/c1-34(18-15-28,19-16-29)17-7-10-21(30)25(35)31-23(14-13-20-8-3-2-4-9-20)26(36)33-27-32-22-11-5-6-12-24(22)37-27/h2-6,8-9,11-12,21,23H,7,10,13-19,28-30H2,1H3,(H-,31,32,33,35,36)/p+1/t21-,23+/m0/s1. The number of nitrogens with zero attached hydrogens (tertiary/aromatic N) is 2. The van der Waals surface area contributed by atoms with E-state index in [1.807, 2.05) is 54.6 Å². The normalized spacial score (nSPS) is 13.3. The molecule has 200 valence electrons. The highest BCUT2D eigenvalue weighted by molar-refractivity contribution is 7.22. The second kappa shape index (κ2) is 14.2. The quantitative estimate of drug-likeness (QED) is 0.191. The van der Waals surface area contributed by atoms with E-state index < -0.39 is 12.1 Å². The number of rotatable bonds is 15. The van der Waals surface area contributed by atoms with Crippen molar-refractivity contribution in [1.29, 1.82) is 0 Å². The van der Waals surface area contributed by atoms with Gasteiger partial charge < -0.3 is 32.3 Å². The maximum absolute atomic E-state index is 13.2. The summed E-state index contributed by atoms with van der Waals surface area (Å²) in [4.78, 5) is 30.7. The molecule has 1 heterocycles. The number of hydrogen-bond donors (Lipinski definition) is 5. The summed E-state index contributed by atoms with van der Waals surface area (Å²) in [5.74, 6) is -0.630. The molecule has 0 unspecified atom stereocenters. The first-order valence-electron chi connectivity index (χ1n) is 12.8. The number of fused-ring (bicyclic) bond motifs is 1. The number of carbonyl (C=O) groups excluding carboxylic acids is 2. The molecule has 2 aromatic carbocycles. The number of aromatic nitrogens is 1. The van der Waals surface area contributed by atoms with E-state index in [2.05, 4.69) is 22.7 Å². The molecule has 0 fully saturated rings. The van der Waals surface area contributed by atoms with Crippen LogP contribution < -0.4 is 27.8 Å². The lowest BCUT2D eigenvalue weighted by Crippen LogP contribution is -2.52. The van der Waals surface area contributed by atoms with Crippen molar-refractivity contribution in [1.82, 2.24) is 10.3 Å². The zero-order valence-electron chi connectivity index (χ0n) is 21.6. The number of carbonyl (C=O) groups is 2. The molecule has 2 amide bonds. The molecule has 2 atom stereocenters. The molecule has 10 heteroatoms. The van der Waals surface area contributed by atoms with Crippen LogP contribution >= 0.6 is 11.3 Å². The molecule has 0 radical (unpaired) electrons. The molecule has 0 aliphatic heterocycles. The molecule has 3 aromatic rings. The Kier molecular flexibility index (Phi) is 11.0. The van der Waals surface area contributed by atoms with Crippen LogP contribution in [0, 0.1) is 0 Å². The number of thiazole rings is 1.